The molecule has 3 amide bonds. The van der Waals surface area contributed by atoms with E-state index in [4.69, 9.17) is 0 Å². The molecule has 3 N–H and O–H groups in total. The van der Waals surface area contributed by atoms with Crippen LogP contribution in [0.5, 0.6) is 5.88 Å². The SMILES string of the molecule is Cc1ccc(NC(=O)C2(c3ccccc3C(C)C)CN(C(=O)N[C@H](C(=O)O)C(C)C)C2)c(OC(F)F)n1. The van der Waals surface area contributed by atoms with Crippen LogP contribution in [0.15, 0.2) is 36.4 Å². The second-order valence-electron chi connectivity index (χ2n) is 9.83. The smallest absolute Gasteiger partial charge is 0.388 e. The number of benzene rings is 1. The number of aliphatic carboxylic acids is 1. The predicted octanol–water partition coefficient (Wildman–Crippen LogP) is 4.13. The average Bonchev–Trinajstić information content (AvgIpc) is 2.78. The zero-order valence-corrected chi connectivity index (χ0v) is 21.4. The summed E-state index contributed by atoms with van der Waals surface area (Å²) in [7, 11) is 0. The summed E-state index contributed by atoms with van der Waals surface area (Å²) in [5.41, 5.74) is 0.793. The minimum absolute atomic E-state index is 0.0223. The molecular formula is C26H32F2N4O5. The molecular weight excluding hydrogens is 486 g/mol. The third-order valence-corrected chi connectivity index (χ3v) is 6.40. The van der Waals surface area contributed by atoms with Crippen molar-refractivity contribution in [2.75, 3.05) is 18.4 Å². The monoisotopic (exact) mass is 518 g/mol. The molecule has 2 heterocycles. The Labute approximate surface area is 214 Å². The number of anilines is 1. The third-order valence-electron chi connectivity index (χ3n) is 6.40. The molecule has 1 saturated heterocycles. The number of alkyl halides is 2. The van der Waals surface area contributed by atoms with Crippen LogP contribution in [0, 0.1) is 12.8 Å². The summed E-state index contributed by atoms with van der Waals surface area (Å²) in [5.74, 6) is -2.38. The number of urea groups is 1. The van der Waals surface area contributed by atoms with Crippen molar-refractivity contribution in [2.45, 2.75) is 58.6 Å². The Hall–Kier alpha value is -3.76. The first-order chi connectivity index (χ1) is 17.4. The van der Waals surface area contributed by atoms with Crippen molar-refractivity contribution in [2.24, 2.45) is 5.92 Å². The van der Waals surface area contributed by atoms with Crippen molar-refractivity contribution in [3.8, 4) is 5.88 Å². The van der Waals surface area contributed by atoms with Gasteiger partial charge in [-0.15, -0.1) is 0 Å². The van der Waals surface area contributed by atoms with Gasteiger partial charge in [-0.1, -0.05) is 52.0 Å². The number of carboxylic acids is 1. The second-order valence-corrected chi connectivity index (χ2v) is 9.83. The Kier molecular flexibility index (Phi) is 8.35. The molecule has 0 aliphatic carbocycles. The maximum Gasteiger partial charge on any atom is 0.388 e. The normalized spacial score (nSPS) is 15.4. The molecule has 0 saturated carbocycles. The van der Waals surface area contributed by atoms with E-state index in [-0.39, 0.29) is 30.6 Å². The quantitative estimate of drug-likeness (QED) is 0.459. The van der Waals surface area contributed by atoms with Crippen molar-refractivity contribution in [1.82, 2.24) is 15.2 Å². The van der Waals surface area contributed by atoms with Gasteiger partial charge in [0.2, 0.25) is 11.8 Å². The number of pyridine rings is 1. The number of nitrogens with zero attached hydrogens (tertiary/aromatic N) is 2. The first kappa shape index (κ1) is 27.8. The molecule has 1 atom stereocenters. The molecule has 0 radical (unpaired) electrons. The number of ether oxygens (including phenoxy) is 1. The molecule has 1 aromatic carbocycles. The van der Waals surface area contributed by atoms with Gasteiger partial charge in [0.15, 0.2) is 0 Å². The van der Waals surface area contributed by atoms with Crippen molar-refractivity contribution >= 4 is 23.6 Å². The summed E-state index contributed by atoms with van der Waals surface area (Å²) in [6.45, 7) is 5.71. The molecule has 1 fully saturated rings. The van der Waals surface area contributed by atoms with Gasteiger partial charge in [-0.05, 0) is 42.0 Å². The van der Waals surface area contributed by atoms with Crippen molar-refractivity contribution in [3.63, 3.8) is 0 Å². The summed E-state index contributed by atoms with van der Waals surface area (Å²) in [6.07, 6.45) is 0. The summed E-state index contributed by atoms with van der Waals surface area (Å²) in [4.78, 5) is 43.6. The number of nitrogens with one attached hydrogen (secondary N) is 2. The van der Waals surface area contributed by atoms with Crippen molar-refractivity contribution < 1.29 is 33.0 Å². The summed E-state index contributed by atoms with van der Waals surface area (Å²) < 4.78 is 30.5. The highest BCUT2D eigenvalue weighted by molar-refractivity contribution is 6.02. The largest absolute Gasteiger partial charge is 0.480 e. The van der Waals surface area contributed by atoms with Gasteiger partial charge in [-0.25, -0.2) is 14.6 Å². The van der Waals surface area contributed by atoms with Crippen LogP contribution in [0.25, 0.3) is 0 Å². The van der Waals surface area contributed by atoms with Crippen LogP contribution >= 0.6 is 0 Å². The number of hydrogen-bond acceptors (Lipinski definition) is 5. The minimum Gasteiger partial charge on any atom is -0.480 e. The van der Waals surface area contributed by atoms with E-state index in [9.17, 15) is 28.3 Å². The summed E-state index contributed by atoms with van der Waals surface area (Å²) >= 11 is 0. The molecule has 1 aromatic heterocycles. The second kappa shape index (κ2) is 11.1. The Morgan fingerprint density at radius 2 is 1.73 bits per heavy atom. The Morgan fingerprint density at radius 1 is 1.08 bits per heavy atom. The lowest BCUT2D eigenvalue weighted by Gasteiger charge is -2.50. The highest BCUT2D eigenvalue weighted by Gasteiger charge is 2.54. The Bertz CT molecular complexity index is 1170. The number of carboxylic acid groups (broad SMARTS) is 1. The minimum atomic E-state index is -3.13. The Balaban J connectivity index is 1.95. The molecule has 0 unspecified atom stereocenters. The molecule has 37 heavy (non-hydrogen) atoms. The highest BCUT2D eigenvalue weighted by Crippen LogP contribution is 2.40. The number of amides is 3. The van der Waals surface area contributed by atoms with Crippen LogP contribution in [0.3, 0.4) is 0 Å². The van der Waals surface area contributed by atoms with Crippen LogP contribution in [0.1, 0.15) is 50.4 Å². The first-order valence-electron chi connectivity index (χ1n) is 12.0. The van der Waals surface area contributed by atoms with Crippen LogP contribution < -0.4 is 15.4 Å². The van der Waals surface area contributed by atoms with Gasteiger partial charge in [-0.2, -0.15) is 8.78 Å². The van der Waals surface area contributed by atoms with Crippen molar-refractivity contribution in [1.29, 1.82) is 0 Å². The average molecular weight is 519 g/mol. The van der Waals surface area contributed by atoms with Gasteiger partial charge in [-0.3, -0.25) is 4.79 Å². The predicted molar refractivity (Wildman–Crippen MR) is 133 cm³/mol. The number of carbonyl (C=O) groups excluding carboxylic acids is 2. The molecule has 1 aliphatic heterocycles. The lowest BCUT2D eigenvalue weighted by molar-refractivity contribution is -0.140. The first-order valence-corrected chi connectivity index (χ1v) is 12.0. The van der Waals surface area contributed by atoms with Gasteiger partial charge in [0, 0.05) is 18.8 Å². The van der Waals surface area contributed by atoms with Crippen LogP contribution in [-0.4, -0.2) is 58.6 Å². The maximum atomic E-state index is 13.8. The van der Waals surface area contributed by atoms with Gasteiger partial charge in [0.25, 0.3) is 0 Å². The van der Waals surface area contributed by atoms with Gasteiger partial charge >= 0.3 is 18.6 Å². The molecule has 1 aliphatic rings. The number of carbonyl (C=O) groups is 3. The number of halogens is 2. The van der Waals surface area contributed by atoms with E-state index in [1.165, 1.54) is 11.0 Å². The van der Waals surface area contributed by atoms with Gasteiger partial charge < -0.3 is 25.4 Å². The van der Waals surface area contributed by atoms with E-state index in [2.05, 4.69) is 20.4 Å². The lowest BCUT2D eigenvalue weighted by Crippen LogP contribution is -2.69. The van der Waals surface area contributed by atoms with E-state index in [1.807, 2.05) is 32.0 Å². The summed E-state index contributed by atoms with van der Waals surface area (Å²) in [6, 6.07) is 8.64. The van der Waals surface area contributed by atoms with E-state index >= 15 is 0 Å². The van der Waals surface area contributed by atoms with E-state index in [1.54, 1.807) is 32.9 Å². The fraction of sp³-hybridized carbons (Fsp3) is 0.462. The number of aromatic nitrogens is 1. The Morgan fingerprint density at radius 3 is 2.30 bits per heavy atom. The van der Waals surface area contributed by atoms with Crippen LogP contribution in [0.4, 0.5) is 19.3 Å². The molecule has 3 rings (SSSR count). The molecule has 200 valence electrons. The molecule has 9 nitrogen and oxygen atoms in total. The topological polar surface area (TPSA) is 121 Å². The maximum absolute atomic E-state index is 13.8. The van der Waals surface area contributed by atoms with Crippen molar-refractivity contribution in [3.05, 3.63) is 53.2 Å². The number of rotatable bonds is 9. The third kappa shape index (κ3) is 5.98. The van der Waals surface area contributed by atoms with Gasteiger partial charge in [0.05, 0.1) is 0 Å². The van der Waals surface area contributed by atoms with E-state index in [0.29, 0.717) is 11.3 Å². The number of hydrogen-bond donors (Lipinski definition) is 3. The van der Waals surface area contributed by atoms with E-state index < -0.39 is 41.9 Å². The standard InChI is InChI=1S/C26H32F2N4O5/c1-14(2)17-8-6-7-9-18(17)26(12-32(13-26)25(36)31-20(15(3)4)22(33)34)23(35)30-19-11-10-16(5)29-21(19)37-24(27)28/h6-11,14-15,20,24H,12-13H2,1-5H3,(H,30,35)(H,31,36)(H,33,34)/t20-/m0/s1. The summed E-state index contributed by atoms with van der Waals surface area (Å²) in [5, 5.41) is 14.6. The molecule has 2 aromatic rings. The molecule has 0 spiro atoms. The zero-order chi connectivity index (χ0) is 27.5. The fourth-order valence-corrected chi connectivity index (χ4v) is 4.40. The zero-order valence-electron chi connectivity index (χ0n) is 21.4. The molecule has 0 bridgehead atoms. The van der Waals surface area contributed by atoms with Crippen LogP contribution in [0.2, 0.25) is 0 Å². The number of aryl methyl sites for hydroxylation is 1. The highest BCUT2D eigenvalue weighted by atomic mass is 19.3. The fourth-order valence-electron chi connectivity index (χ4n) is 4.40. The van der Waals surface area contributed by atoms with Gasteiger partial charge in [0.1, 0.15) is 17.1 Å². The molecule has 11 heteroatoms. The van der Waals surface area contributed by atoms with E-state index in [0.717, 1.165) is 5.56 Å². The lowest BCUT2D eigenvalue weighted by atomic mass is 9.69. The van der Waals surface area contributed by atoms with Crippen LogP contribution in [-0.2, 0) is 15.0 Å². The number of likely N-dealkylation sites (tertiary alicyclic amines) is 1.